The van der Waals surface area contributed by atoms with E-state index in [0.29, 0.717) is 11.7 Å². The summed E-state index contributed by atoms with van der Waals surface area (Å²) in [7, 11) is 1.96. The van der Waals surface area contributed by atoms with Crippen LogP contribution in [-0.4, -0.2) is 20.4 Å². The van der Waals surface area contributed by atoms with Crippen LogP contribution in [0.5, 0.6) is 0 Å². The summed E-state index contributed by atoms with van der Waals surface area (Å²) in [5.41, 5.74) is 3.91. The highest BCUT2D eigenvalue weighted by Gasteiger charge is 2.26. The van der Waals surface area contributed by atoms with Crippen LogP contribution in [0, 0.1) is 6.92 Å². The molecule has 0 aliphatic carbocycles. The Balaban J connectivity index is 1.53. The fourth-order valence-corrected chi connectivity index (χ4v) is 3.88. The van der Waals surface area contributed by atoms with Crippen molar-refractivity contribution in [2.45, 2.75) is 13.0 Å². The third-order valence-corrected chi connectivity index (χ3v) is 5.52. The van der Waals surface area contributed by atoms with Gasteiger partial charge in [-0.15, -0.1) is 0 Å². The maximum absolute atomic E-state index is 13.3. The van der Waals surface area contributed by atoms with Gasteiger partial charge < -0.3 is 14.3 Å². The quantitative estimate of drug-likeness (QED) is 0.430. The van der Waals surface area contributed by atoms with Gasteiger partial charge in [-0.05, 0) is 36.8 Å². The number of aryl methyl sites for hydroxylation is 2. The van der Waals surface area contributed by atoms with Gasteiger partial charge in [0.15, 0.2) is 5.69 Å². The maximum Gasteiger partial charge on any atom is 0.274 e. The molecule has 1 unspecified atom stereocenters. The van der Waals surface area contributed by atoms with Gasteiger partial charge in [0.1, 0.15) is 17.6 Å². The first-order valence-electron chi connectivity index (χ1n) is 10.4. The van der Waals surface area contributed by atoms with Gasteiger partial charge in [-0.3, -0.25) is 4.79 Å². The summed E-state index contributed by atoms with van der Waals surface area (Å²) in [5, 5.41) is 3.13. The molecule has 0 fully saturated rings. The summed E-state index contributed by atoms with van der Waals surface area (Å²) in [6.07, 6.45) is 0. The van der Waals surface area contributed by atoms with Crippen LogP contribution in [0.4, 0.5) is 0 Å². The lowest BCUT2D eigenvalue weighted by Crippen LogP contribution is -2.31. The Kier molecular flexibility index (Phi) is 5.03. The molecule has 0 spiro atoms. The fraction of sp³-hybridized carbons (Fsp3) is 0.115. The van der Waals surface area contributed by atoms with Crippen LogP contribution in [0.2, 0.25) is 0 Å². The lowest BCUT2D eigenvalue weighted by atomic mass is 10.1. The summed E-state index contributed by atoms with van der Waals surface area (Å²) in [6, 6.07) is 26.8. The van der Waals surface area contributed by atoms with Crippen LogP contribution in [0.1, 0.15) is 33.7 Å². The van der Waals surface area contributed by atoms with Gasteiger partial charge in [0.2, 0.25) is 5.89 Å². The van der Waals surface area contributed by atoms with Crippen molar-refractivity contribution in [2.24, 2.45) is 7.05 Å². The van der Waals surface area contributed by atoms with Gasteiger partial charge >= 0.3 is 0 Å². The molecular formula is C26H22N4O2. The molecular weight excluding hydrogens is 400 g/mol. The molecule has 1 amide bonds. The molecule has 2 aromatic heterocycles. The highest BCUT2D eigenvalue weighted by Crippen LogP contribution is 2.27. The molecule has 0 saturated heterocycles. The molecule has 0 saturated carbocycles. The molecule has 6 nitrogen and oxygen atoms in total. The van der Waals surface area contributed by atoms with E-state index < -0.39 is 6.04 Å². The average molecular weight is 422 g/mol. The van der Waals surface area contributed by atoms with Gasteiger partial charge in [0.05, 0.1) is 11.0 Å². The first-order chi connectivity index (χ1) is 15.6. The van der Waals surface area contributed by atoms with Crippen LogP contribution in [-0.2, 0) is 7.05 Å². The van der Waals surface area contributed by atoms with Gasteiger partial charge in [-0.25, -0.2) is 9.97 Å². The second kappa shape index (κ2) is 8.15. The number of nitrogens with one attached hydrogen (secondary N) is 1. The number of hydrogen-bond acceptors (Lipinski definition) is 4. The summed E-state index contributed by atoms with van der Waals surface area (Å²) < 4.78 is 7.81. The lowest BCUT2D eigenvalue weighted by Gasteiger charge is -2.19. The van der Waals surface area contributed by atoms with Gasteiger partial charge in [-0.2, -0.15) is 0 Å². The molecule has 0 bridgehead atoms. The molecule has 0 radical (unpaired) electrons. The summed E-state index contributed by atoms with van der Waals surface area (Å²) in [6.45, 7) is 1.75. The van der Waals surface area contributed by atoms with Crippen molar-refractivity contribution < 1.29 is 9.21 Å². The minimum Gasteiger partial charge on any atom is -0.441 e. The number of carbonyl (C=O) groups excluding carboxylic acids is 1. The Morgan fingerprint density at radius 1 is 0.906 bits per heavy atom. The number of carbonyl (C=O) groups is 1. The van der Waals surface area contributed by atoms with Crippen LogP contribution >= 0.6 is 0 Å². The van der Waals surface area contributed by atoms with E-state index in [4.69, 9.17) is 9.40 Å². The Morgan fingerprint density at radius 2 is 1.56 bits per heavy atom. The van der Waals surface area contributed by atoms with Crippen molar-refractivity contribution in [1.29, 1.82) is 0 Å². The minimum absolute atomic E-state index is 0.267. The molecule has 32 heavy (non-hydrogen) atoms. The van der Waals surface area contributed by atoms with E-state index in [2.05, 4.69) is 10.3 Å². The largest absolute Gasteiger partial charge is 0.441 e. The Bertz CT molecular complexity index is 1390. The summed E-state index contributed by atoms with van der Waals surface area (Å²) in [5.74, 6) is 1.33. The van der Waals surface area contributed by atoms with Crippen LogP contribution < -0.4 is 5.32 Å². The topological polar surface area (TPSA) is 73.0 Å². The van der Waals surface area contributed by atoms with Crippen molar-refractivity contribution in [2.75, 3.05) is 0 Å². The van der Waals surface area contributed by atoms with Gasteiger partial charge in [0.25, 0.3) is 5.91 Å². The standard InChI is InChI=1S/C26H22N4O2/c1-17-22(29-26(32-17)19-13-7-4-8-14-19)25(31)28-23(18-11-5-3-6-12-18)24-27-20-15-9-10-16-21(20)30(24)2/h3-16,23H,1-2H3,(H,28,31). The molecule has 0 aliphatic rings. The number of aromatic nitrogens is 3. The first-order valence-corrected chi connectivity index (χ1v) is 10.4. The van der Waals surface area contributed by atoms with E-state index in [0.717, 1.165) is 28.0 Å². The highest BCUT2D eigenvalue weighted by atomic mass is 16.4. The number of hydrogen-bond donors (Lipinski definition) is 1. The maximum atomic E-state index is 13.3. The molecule has 158 valence electrons. The molecule has 2 heterocycles. The predicted octanol–water partition coefficient (Wildman–Crippen LogP) is 5.06. The Hall–Kier alpha value is -4.19. The number of para-hydroxylation sites is 2. The monoisotopic (exact) mass is 422 g/mol. The molecule has 1 N–H and O–H groups in total. The number of benzene rings is 3. The minimum atomic E-state index is -0.447. The van der Waals surface area contributed by atoms with E-state index in [1.54, 1.807) is 6.92 Å². The van der Waals surface area contributed by atoms with E-state index in [1.165, 1.54) is 0 Å². The summed E-state index contributed by atoms with van der Waals surface area (Å²) in [4.78, 5) is 22.6. The second-order valence-corrected chi connectivity index (χ2v) is 7.62. The number of nitrogens with zero attached hydrogens (tertiary/aromatic N) is 3. The molecule has 1 atom stereocenters. The zero-order valence-corrected chi connectivity index (χ0v) is 17.8. The SMILES string of the molecule is Cc1oc(-c2ccccc2)nc1C(=O)NC(c1ccccc1)c1nc2ccccc2n1C. The number of oxazole rings is 1. The normalized spacial score (nSPS) is 12.1. The van der Waals surface area contributed by atoms with Crippen molar-refractivity contribution in [3.05, 3.63) is 108 Å². The van der Waals surface area contributed by atoms with Gasteiger partial charge in [0, 0.05) is 12.6 Å². The smallest absolute Gasteiger partial charge is 0.274 e. The van der Waals surface area contributed by atoms with Gasteiger partial charge in [-0.1, -0.05) is 60.7 Å². The van der Waals surface area contributed by atoms with Crippen LogP contribution in [0.3, 0.4) is 0 Å². The molecule has 0 aliphatic heterocycles. The molecule has 3 aromatic carbocycles. The van der Waals surface area contributed by atoms with Crippen molar-refractivity contribution in [1.82, 2.24) is 19.9 Å². The van der Waals surface area contributed by atoms with Crippen molar-refractivity contribution in [3.8, 4) is 11.5 Å². The van der Waals surface area contributed by atoms with E-state index >= 15 is 0 Å². The van der Waals surface area contributed by atoms with E-state index in [-0.39, 0.29) is 11.6 Å². The molecule has 5 aromatic rings. The van der Waals surface area contributed by atoms with E-state index in [9.17, 15) is 4.79 Å². The number of fused-ring (bicyclic) bond motifs is 1. The highest BCUT2D eigenvalue weighted by molar-refractivity contribution is 5.94. The van der Waals surface area contributed by atoms with Crippen molar-refractivity contribution in [3.63, 3.8) is 0 Å². The lowest BCUT2D eigenvalue weighted by molar-refractivity contribution is 0.0935. The number of rotatable bonds is 5. The zero-order valence-electron chi connectivity index (χ0n) is 17.8. The summed E-state index contributed by atoms with van der Waals surface area (Å²) >= 11 is 0. The van der Waals surface area contributed by atoms with E-state index in [1.807, 2.05) is 96.5 Å². The fourth-order valence-electron chi connectivity index (χ4n) is 3.88. The number of imidazole rings is 1. The third kappa shape index (κ3) is 3.56. The molecule has 6 heteroatoms. The Morgan fingerprint density at radius 3 is 2.28 bits per heavy atom. The predicted molar refractivity (Wildman–Crippen MR) is 123 cm³/mol. The second-order valence-electron chi connectivity index (χ2n) is 7.62. The third-order valence-electron chi connectivity index (χ3n) is 5.52. The van der Waals surface area contributed by atoms with Crippen LogP contribution in [0.25, 0.3) is 22.5 Å². The molecule has 5 rings (SSSR count). The first kappa shape index (κ1) is 19.8. The zero-order chi connectivity index (χ0) is 22.1. The number of amides is 1. The van der Waals surface area contributed by atoms with Crippen LogP contribution in [0.15, 0.2) is 89.3 Å². The van der Waals surface area contributed by atoms with Crippen molar-refractivity contribution >= 4 is 16.9 Å². The Labute approximate surface area is 185 Å². The average Bonchev–Trinajstić information content (AvgIpc) is 3.39.